The molecule has 52 valence electrons. The van der Waals surface area contributed by atoms with Crippen molar-refractivity contribution < 1.29 is 13.6 Å². The minimum absolute atomic E-state index is 0.193. The maximum absolute atomic E-state index is 10.9. The fraction of sp³-hybridized carbons (Fsp3) is 0.833. The van der Waals surface area contributed by atoms with Crippen molar-refractivity contribution in [3.05, 3.63) is 0 Å². The van der Waals surface area contributed by atoms with Gasteiger partial charge in [-0.25, -0.2) is 0 Å². The normalized spacial score (nSPS) is 41.1. The van der Waals surface area contributed by atoms with Gasteiger partial charge in [-0.3, -0.25) is 4.79 Å². The van der Waals surface area contributed by atoms with E-state index in [1.54, 1.807) is 0 Å². The third-order valence-electron chi connectivity index (χ3n) is 1.42. The van der Waals surface area contributed by atoms with Gasteiger partial charge in [0.2, 0.25) is 5.91 Å². The van der Waals surface area contributed by atoms with Crippen molar-refractivity contribution in [2.24, 2.45) is 5.73 Å². The molecule has 0 aromatic carbocycles. The summed E-state index contributed by atoms with van der Waals surface area (Å²) in [5.74, 6) is -0.889. The molecule has 9 heavy (non-hydrogen) atoms. The van der Waals surface area contributed by atoms with E-state index in [4.69, 9.17) is 14.6 Å². The number of amides is 1. The summed E-state index contributed by atoms with van der Waals surface area (Å²) in [5, 5.41) is 0. The van der Waals surface area contributed by atoms with Gasteiger partial charge in [0, 0.05) is 10.7 Å². The first-order valence-corrected chi connectivity index (χ1v) is 2.84. The van der Waals surface area contributed by atoms with Crippen LogP contribution in [0.4, 0.5) is 0 Å². The quantitative estimate of drug-likeness (QED) is 0.547. The molecule has 1 aliphatic heterocycles. The molecule has 1 heterocycles. The predicted octanol–water partition coefficient (Wildman–Crippen LogP) is 0.0408. The zero-order valence-corrected chi connectivity index (χ0v) is 5.02. The van der Waals surface area contributed by atoms with E-state index in [-0.39, 0.29) is 6.42 Å². The monoisotopic (exact) mass is 132 g/mol. The van der Waals surface area contributed by atoms with Crippen LogP contribution in [0.2, 0.25) is 0 Å². The smallest absolute Gasteiger partial charge is 0.249 e. The molecule has 0 saturated carbocycles. The molecule has 1 amide bonds. The molecule has 1 unspecified atom stereocenters. The Balaban J connectivity index is 2.94. The van der Waals surface area contributed by atoms with Gasteiger partial charge < -0.3 is 10.5 Å². The van der Waals surface area contributed by atoms with E-state index in [0.29, 0.717) is 13.0 Å². The molecule has 0 aromatic rings. The molecule has 1 saturated heterocycles. The molecule has 3 heteroatoms. The van der Waals surface area contributed by atoms with Gasteiger partial charge in [-0.15, -0.1) is 0 Å². The molecular formula is C6H11NO2. The number of primary amides is 1. The lowest BCUT2D eigenvalue weighted by Crippen LogP contribution is -2.40. The van der Waals surface area contributed by atoms with Crippen LogP contribution in [0, 0.1) is 0 Å². The largest absolute Gasteiger partial charge is 0.367 e. The molecule has 0 radical (unpaired) electrons. The van der Waals surface area contributed by atoms with Crippen molar-refractivity contribution in [1.82, 2.24) is 0 Å². The summed E-state index contributed by atoms with van der Waals surface area (Å²) in [6.45, 7) is -2.16. The fourth-order valence-electron chi connectivity index (χ4n) is 0.834. The van der Waals surface area contributed by atoms with Crippen LogP contribution in [-0.4, -0.2) is 18.1 Å². The van der Waals surface area contributed by atoms with Crippen LogP contribution in [0.1, 0.15) is 23.8 Å². The summed E-state index contributed by atoms with van der Waals surface area (Å²) in [4.78, 5) is 10.9. The lowest BCUT2D eigenvalue weighted by Gasteiger charge is -2.17. The average molecular weight is 132 g/mol. The number of ether oxygens (including phenoxy) is 1. The predicted molar refractivity (Wildman–Crippen MR) is 32.8 cm³/mol. The number of rotatable bonds is 1. The highest BCUT2D eigenvalue weighted by molar-refractivity contribution is 5.83. The Morgan fingerprint density at radius 3 is 3.00 bits per heavy atom. The Hall–Kier alpha value is -0.570. The van der Waals surface area contributed by atoms with Crippen molar-refractivity contribution in [2.45, 2.75) is 25.3 Å². The van der Waals surface area contributed by atoms with Crippen molar-refractivity contribution in [2.75, 3.05) is 6.61 Å². The number of nitrogens with two attached hydrogens (primary N) is 1. The maximum Gasteiger partial charge on any atom is 0.249 e. The SMILES string of the molecule is [2H]C([2H])([2H])C1(C(N)=O)CCCO1. The van der Waals surface area contributed by atoms with Gasteiger partial charge in [0.25, 0.3) is 0 Å². The van der Waals surface area contributed by atoms with Gasteiger partial charge in [0.15, 0.2) is 0 Å². The third kappa shape index (κ3) is 1.05. The molecule has 0 bridgehead atoms. The lowest BCUT2D eigenvalue weighted by atomic mass is 10.0. The maximum atomic E-state index is 10.9. The van der Waals surface area contributed by atoms with E-state index in [1.165, 1.54) is 0 Å². The van der Waals surface area contributed by atoms with Crippen molar-refractivity contribution >= 4 is 5.91 Å². The van der Waals surface area contributed by atoms with Crippen molar-refractivity contribution in [3.8, 4) is 0 Å². The second-order valence-electron chi connectivity index (χ2n) is 2.14. The van der Waals surface area contributed by atoms with Gasteiger partial charge in [0.1, 0.15) is 5.60 Å². The van der Waals surface area contributed by atoms with Crippen LogP contribution in [0.25, 0.3) is 0 Å². The highest BCUT2D eigenvalue weighted by Gasteiger charge is 2.35. The van der Waals surface area contributed by atoms with E-state index >= 15 is 0 Å². The van der Waals surface area contributed by atoms with Crippen LogP contribution in [-0.2, 0) is 9.53 Å². The highest BCUT2D eigenvalue weighted by atomic mass is 16.5. The van der Waals surface area contributed by atoms with Crippen LogP contribution in [0.15, 0.2) is 0 Å². The zero-order chi connectivity index (χ0) is 9.41. The Morgan fingerprint density at radius 1 is 2.00 bits per heavy atom. The van der Waals surface area contributed by atoms with Gasteiger partial charge in [-0.05, 0) is 19.7 Å². The standard InChI is InChI=1S/C6H11NO2/c1-6(5(7)8)3-2-4-9-6/h2-4H2,1H3,(H2,7,8)/i1D3. The minimum Gasteiger partial charge on any atom is -0.367 e. The summed E-state index contributed by atoms with van der Waals surface area (Å²) in [6.07, 6.45) is 0.764. The molecule has 1 atom stereocenters. The summed E-state index contributed by atoms with van der Waals surface area (Å²) in [5.41, 5.74) is 3.27. The van der Waals surface area contributed by atoms with Gasteiger partial charge in [0.05, 0.1) is 0 Å². The molecule has 0 spiro atoms. The Morgan fingerprint density at radius 2 is 2.78 bits per heavy atom. The second-order valence-corrected chi connectivity index (χ2v) is 2.14. The summed E-state index contributed by atoms with van der Waals surface area (Å²) < 4.78 is 26.3. The minimum atomic E-state index is -2.45. The molecular weight excluding hydrogens is 118 g/mol. The Bertz CT molecular complexity index is 195. The lowest BCUT2D eigenvalue weighted by molar-refractivity contribution is -0.135. The van der Waals surface area contributed by atoms with Crippen LogP contribution < -0.4 is 5.73 Å². The molecule has 1 aliphatic rings. The zero-order valence-electron chi connectivity index (χ0n) is 8.02. The highest BCUT2D eigenvalue weighted by Crippen LogP contribution is 2.23. The summed E-state index contributed by atoms with van der Waals surface area (Å²) >= 11 is 0. The number of carbonyl (C=O) groups excluding carboxylic acids is 1. The number of carbonyl (C=O) groups is 1. The van der Waals surface area contributed by atoms with Crippen LogP contribution >= 0.6 is 0 Å². The van der Waals surface area contributed by atoms with Crippen molar-refractivity contribution in [3.63, 3.8) is 0 Å². The van der Waals surface area contributed by atoms with Crippen LogP contribution in [0.3, 0.4) is 0 Å². The number of hydrogen-bond donors (Lipinski definition) is 1. The van der Waals surface area contributed by atoms with E-state index in [2.05, 4.69) is 0 Å². The van der Waals surface area contributed by atoms with Gasteiger partial charge in [-0.2, -0.15) is 0 Å². The first-order chi connectivity index (χ1) is 5.40. The molecule has 0 aromatic heterocycles. The van der Waals surface area contributed by atoms with E-state index in [9.17, 15) is 4.79 Å². The molecule has 0 aliphatic carbocycles. The third-order valence-corrected chi connectivity index (χ3v) is 1.42. The van der Waals surface area contributed by atoms with E-state index in [0.717, 1.165) is 0 Å². The van der Waals surface area contributed by atoms with E-state index in [1.807, 2.05) is 0 Å². The molecule has 1 rings (SSSR count). The van der Waals surface area contributed by atoms with Crippen LogP contribution in [0.5, 0.6) is 0 Å². The Labute approximate surface area is 58.4 Å². The fourth-order valence-corrected chi connectivity index (χ4v) is 0.834. The topological polar surface area (TPSA) is 52.3 Å². The summed E-state index contributed by atoms with van der Waals surface area (Å²) in [6, 6.07) is 0. The number of hydrogen-bond acceptors (Lipinski definition) is 2. The van der Waals surface area contributed by atoms with Gasteiger partial charge in [-0.1, -0.05) is 0 Å². The van der Waals surface area contributed by atoms with Gasteiger partial charge >= 0.3 is 0 Å². The van der Waals surface area contributed by atoms with E-state index < -0.39 is 18.4 Å². The Kier molecular flexibility index (Phi) is 0.787. The molecule has 3 nitrogen and oxygen atoms in total. The molecule has 2 N–H and O–H groups in total. The average Bonchev–Trinajstić information content (AvgIpc) is 2.31. The second kappa shape index (κ2) is 1.99. The summed E-state index contributed by atoms with van der Waals surface area (Å²) in [7, 11) is 0. The first kappa shape index (κ1) is 3.56. The first-order valence-electron chi connectivity index (χ1n) is 4.34. The molecule has 1 fully saturated rings. The van der Waals surface area contributed by atoms with Crippen molar-refractivity contribution in [1.29, 1.82) is 0 Å².